The largest absolute Gasteiger partial charge is 0.496 e. The number of nitrogens with one attached hydrogen (secondary N) is 1. The van der Waals surface area contributed by atoms with Gasteiger partial charge < -0.3 is 9.26 Å². The molecular weight excluding hydrogens is 308 g/mol. The molecule has 22 heavy (non-hydrogen) atoms. The molecule has 0 aliphatic heterocycles. The predicted octanol–water partition coefficient (Wildman–Crippen LogP) is 0.684. The molecule has 0 radical (unpaired) electrons. The first-order valence-corrected chi connectivity index (χ1v) is 8.01. The summed E-state index contributed by atoms with van der Waals surface area (Å²) >= 11 is 0. The minimum absolute atomic E-state index is 0.175. The average molecular weight is 326 g/mol. The quantitative estimate of drug-likeness (QED) is 0.804. The first kappa shape index (κ1) is 16.4. The number of ether oxygens (including phenoxy) is 1. The zero-order valence-corrected chi connectivity index (χ0v) is 13.4. The SMILES string of the molecule is COc1ccccc1-c1noc(CCNS(=O)(=O)N(C)C)n1. The van der Waals surface area contributed by atoms with Gasteiger partial charge in [0.25, 0.3) is 10.2 Å². The predicted molar refractivity (Wildman–Crippen MR) is 80.6 cm³/mol. The Kier molecular flexibility index (Phi) is 5.11. The Morgan fingerprint density at radius 1 is 1.32 bits per heavy atom. The lowest BCUT2D eigenvalue weighted by Crippen LogP contribution is -2.36. The van der Waals surface area contributed by atoms with Gasteiger partial charge in [0.1, 0.15) is 5.75 Å². The van der Waals surface area contributed by atoms with E-state index in [0.29, 0.717) is 29.4 Å². The number of hydrogen-bond acceptors (Lipinski definition) is 6. The van der Waals surface area contributed by atoms with Gasteiger partial charge in [-0.05, 0) is 12.1 Å². The normalized spacial score (nSPS) is 11.8. The molecule has 2 rings (SSSR count). The summed E-state index contributed by atoms with van der Waals surface area (Å²) in [6.45, 7) is 0.175. The highest BCUT2D eigenvalue weighted by Gasteiger charge is 2.15. The van der Waals surface area contributed by atoms with E-state index in [1.807, 2.05) is 18.2 Å². The van der Waals surface area contributed by atoms with Gasteiger partial charge in [0.15, 0.2) is 0 Å². The summed E-state index contributed by atoms with van der Waals surface area (Å²) in [6, 6.07) is 7.32. The van der Waals surface area contributed by atoms with E-state index >= 15 is 0 Å². The summed E-state index contributed by atoms with van der Waals surface area (Å²) in [5, 5.41) is 3.89. The Hall–Kier alpha value is -1.97. The van der Waals surface area contributed by atoms with Crippen LogP contribution in [0, 0.1) is 0 Å². The molecule has 8 nitrogen and oxygen atoms in total. The summed E-state index contributed by atoms with van der Waals surface area (Å²) < 4.78 is 37.0. The smallest absolute Gasteiger partial charge is 0.278 e. The maximum atomic E-state index is 11.6. The fraction of sp³-hybridized carbons (Fsp3) is 0.385. The minimum Gasteiger partial charge on any atom is -0.496 e. The van der Waals surface area contributed by atoms with Crippen molar-refractivity contribution in [3.63, 3.8) is 0 Å². The molecule has 0 aliphatic carbocycles. The van der Waals surface area contributed by atoms with E-state index in [0.717, 1.165) is 4.31 Å². The van der Waals surface area contributed by atoms with Crippen LogP contribution in [-0.2, 0) is 16.6 Å². The number of rotatable bonds is 7. The molecular formula is C13H18N4O4S. The third-order valence-electron chi connectivity index (χ3n) is 2.92. The van der Waals surface area contributed by atoms with Crippen LogP contribution in [0.2, 0.25) is 0 Å². The summed E-state index contributed by atoms with van der Waals surface area (Å²) in [6.07, 6.45) is 0.301. The van der Waals surface area contributed by atoms with Crippen LogP contribution in [0.15, 0.2) is 28.8 Å². The number of nitrogens with zero attached hydrogens (tertiary/aromatic N) is 3. The monoisotopic (exact) mass is 326 g/mol. The van der Waals surface area contributed by atoms with E-state index < -0.39 is 10.2 Å². The van der Waals surface area contributed by atoms with E-state index in [4.69, 9.17) is 9.26 Å². The Labute approximate surface area is 129 Å². The molecule has 120 valence electrons. The molecule has 1 heterocycles. The fourth-order valence-electron chi connectivity index (χ4n) is 1.71. The molecule has 0 saturated heterocycles. The molecule has 0 amide bonds. The van der Waals surface area contributed by atoms with Crippen molar-refractivity contribution in [3.05, 3.63) is 30.2 Å². The van der Waals surface area contributed by atoms with Gasteiger partial charge in [-0.25, -0.2) is 4.72 Å². The van der Waals surface area contributed by atoms with Crippen LogP contribution in [-0.4, -0.2) is 50.6 Å². The van der Waals surface area contributed by atoms with Gasteiger partial charge in [-0.15, -0.1) is 0 Å². The van der Waals surface area contributed by atoms with Crippen LogP contribution in [0.4, 0.5) is 0 Å². The molecule has 0 fully saturated rings. The van der Waals surface area contributed by atoms with Crippen molar-refractivity contribution in [2.45, 2.75) is 6.42 Å². The molecule has 0 spiro atoms. The topological polar surface area (TPSA) is 97.6 Å². The maximum Gasteiger partial charge on any atom is 0.278 e. The molecule has 2 aromatic rings. The highest BCUT2D eigenvalue weighted by molar-refractivity contribution is 7.87. The number of methoxy groups -OCH3 is 1. The first-order chi connectivity index (χ1) is 10.4. The molecule has 1 aromatic carbocycles. The second kappa shape index (κ2) is 6.86. The third-order valence-corrected chi connectivity index (χ3v) is 4.45. The van der Waals surface area contributed by atoms with Gasteiger partial charge in [0, 0.05) is 27.1 Å². The Bertz CT molecular complexity index is 727. The van der Waals surface area contributed by atoms with Gasteiger partial charge in [-0.3, -0.25) is 0 Å². The van der Waals surface area contributed by atoms with Crippen molar-refractivity contribution in [3.8, 4) is 17.1 Å². The Balaban J connectivity index is 2.03. The number of hydrogen-bond donors (Lipinski definition) is 1. The van der Waals surface area contributed by atoms with Crippen molar-refractivity contribution >= 4 is 10.2 Å². The minimum atomic E-state index is -3.45. The van der Waals surface area contributed by atoms with Crippen LogP contribution >= 0.6 is 0 Å². The van der Waals surface area contributed by atoms with Crippen molar-refractivity contribution < 1.29 is 17.7 Å². The van der Waals surface area contributed by atoms with E-state index in [9.17, 15) is 8.42 Å². The second-order valence-electron chi connectivity index (χ2n) is 4.64. The van der Waals surface area contributed by atoms with Gasteiger partial charge in [-0.2, -0.15) is 17.7 Å². The average Bonchev–Trinajstić information content (AvgIpc) is 2.95. The van der Waals surface area contributed by atoms with Crippen molar-refractivity contribution in [1.82, 2.24) is 19.2 Å². The van der Waals surface area contributed by atoms with Crippen LogP contribution < -0.4 is 9.46 Å². The van der Waals surface area contributed by atoms with Gasteiger partial charge in [0.2, 0.25) is 11.7 Å². The Morgan fingerprint density at radius 2 is 2.05 bits per heavy atom. The number of para-hydroxylation sites is 1. The van der Waals surface area contributed by atoms with Gasteiger partial charge in [-0.1, -0.05) is 17.3 Å². The van der Waals surface area contributed by atoms with Gasteiger partial charge in [0.05, 0.1) is 12.7 Å². The Morgan fingerprint density at radius 3 is 2.73 bits per heavy atom. The standard InChI is InChI=1S/C13H18N4O4S/c1-17(2)22(18,19)14-9-8-12-15-13(16-21-12)10-6-4-5-7-11(10)20-3/h4-7,14H,8-9H2,1-3H3. The molecule has 0 saturated carbocycles. The lowest BCUT2D eigenvalue weighted by molar-refractivity contribution is 0.377. The van der Waals surface area contributed by atoms with Crippen molar-refractivity contribution in [1.29, 1.82) is 0 Å². The lowest BCUT2D eigenvalue weighted by Gasteiger charge is -2.11. The summed E-state index contributed by atoms with van der Waals surface area (Å²) in [5.74, 6) is 1.40. The van der Waals surface area contributed by atoms with Crippen LogP contribution in [0.5, 0.6) is 5.75 Å². The highest BCUT2D eigenvalue weighted by atomic mass is 32.2. The first-order valence-electron chi connectivity index (χ1n) is 6.57. The molecule has 0 bridgehead atoms. The lowest BCUT2D eigenvalue weighted by atomic mass is 10.2. The number of aromatic nitrogens is 2. The highest BCUT2D eigenvalue weighted by Crippen LogP contribution is 2.26. The number of benzene rings is 1. The maximum absolute atomic E-state index is 11.6. The van der Waals surface area contributed by atoms with E-state index in [1.54, 1.807) is 13.2 Å². The molecule has 1 aromatic heterocycles. The van der Waals surface area contributed by atoms with Crippen LogP contribution in [0.3, 0.4) is 0 Å². The summed E-state index contributed by atoms with van der Waals surface area (Å²) in [7, 11) is 1.02. The van der Waals surface area contributed by atoms with E-state index in [-0.39, 0.29) is 6.54 Å². The zero-order chi connectivity index (χ0) is 16.2. The van der Waals surface area contributed by atoms with Crippen molar-refractivity contribution in [2.24, 2.45) is 0 Å². The molecule has 0 aliphatic rings. The summed E-state index contributed by atoms with van der Waals surface area (Å²) in [5.41, 5.74) is 0.717. The molecule has 0 atom stereocenters. The van der Waals surface area contributed by atoms with Gasteiger partial charge >= 0.3 is 0 Å². The van der Waals surface area contributed by atoms with E-state index in [2.05, 4.69) is 14.9 Å². The molecule has 0 unspecified atom stereocenters. The molecule has 1 N–H and O–H groups in total. The zero-order valence-electron chi connectivity index (χ0n) is 12.6. The van der Waals surface area contributed by atoms with Crippen LogP contribution in [0.25, 0.3) is 11.4 Å². The third kappa shape index (κ3) is 3.81. The molecule has 9 heteroatoms. The fourth-order valence-corrected chi connectivity index (χ4v) is 2.33. The van der Waals surface area contributed by atoms with Crippen LogP contribution in [0.1, 0.15) is 5.89 Å². The second-order valence-corrected chi connectivity index (χ2v) is 6.61. The van der Waals surface area contributed by atoms with E-state index in [1.165, 1.54) is 14.1 Å². The summed E-state index contributed by atoms with van der Waals surface area (Å²) in [4.78, 5) is 4.25. The van der Waals surface area contributed by atoms with Crippen molar-refractivity contribution in [2.75, 3.05) is 27.7 Å².